The number of hydrogen-bond acceptors (Lipinski definition) is 2. The smallest absolute Gasteiger partial charge is 0.226 e. The van der Waals surface area contributed by atoms with Gasteiger partial charge in [-0.1, -0.05) is 12.1 Å². The number of amides is 2. The molecular weight excluding hydrogens is 320 g/mol. The molecule has 0 atom stereocenters. The van der Waals surface area contributed by atoms with Crippen molar-refractivity contribution in [2.75, 3.05) is 18.4 Å². The van der Waals surface area contributed by atoms with Crippen LogP contribution in [-0.4, -0.2) is 29.8 Å². The van der Waals surface area contributed by atoms with E-state index in [2.05, 4.69) is 27.8 Å². The molecule has 1 aromatic rings. The van der Waals surface area contributed by atoms with Gasteiger partial charge in [-0.25, -0.2) is 0 Å². The summed E-state index contributed by atoms with van der Waals surface area (Å²) in [7, 11) is 0. The summed E-state index contributed by atoms with van der Waals surface area (Å²) in [5, 5.41) is 2.82. The molecule has 1 aromatic carbocycles. The van der Waals surface area contributed by atoms with E-state index in [4.69, 9.17) is 0 Å². The monoisotopic (exact) mass is 338 g/mol. The Kier molecular flexibility index (Phi) is 6.45. The fourth-order valence-corrected chi connectivity index (χ4v) is 2.30. The average Bonchev–Trinajstić information content (AvgIpc) is 2.37. The Balaban J connectivity index is 2.55. The second kappa shape index (κ2) is 7.85. The van der Waals surface area contributed by atoms with Gasteiger partial charge >= 0.3 is 0 Å². The third-order valence-corrected chi connectivity index (χ3v) is 3.46. The molecule has 0 fully saturated rings. The zero-order valence-corrected chi connectivity index (χ0v) is 13.4. The molecule has 0 radical (unpaired) electrons. The van der Waals surface area contributed by atoms with Crippen LogP contribution in [0, 0.1) is 6.92 Å². The molecule has 0 heterocycles. The Morgan fingerprint density at radius 2 is 2.15 bits per heavy atom. The van der Waals surface area contributed by atoms with Crippen molar-refractivity contribution in [1.29, 1.82) is 0 Å². The fraction of sp³-hybridized carbons (Fsp3) is 0.333. The quantitative estimate of drug-likeness (QED) is 0.810. The normalized spacial score (nSPS) is 9.95. The van der Waals surface area contributed by atoms with E-state index in [0.717, 1.165) is 15.7 Å². The summed E-state index contributed by atoms with van der Waals surface area (Å²) in [5.74, 6) is -0.181. The van der Waals surface area contributed by atoms with Crippen molar-refractivity contribution in [2.24, 2.45) is 0 Å². The minimum absolute atomic E-state index is 0.0609. The second-order valence-electron chi connectivity index (χ2n) is 4.54. The minimum atomic E-state index is -0.120. The molecule has 2 amide bonds. The van der Waals surface area contributed by atoms with E-state index in [1.807, 2.05) is 25.1 Å². The summed E-state index contributed by atoms with van der Waals surface area (Å²) >= 11 is 3.41. The third-order valence-electron chi connectivity index (χ3n) is 2.80. The van der Waals surface area contributed by atoms with E-state index in [-0.39, 0.29) is 18.2 Å². The lowest BCUT2D eigenvalue weighted by Gasteiger charge is -2.18. The van der Waals surface area contributed by atoms with Crippen LogP contribution in [0.3, 0.4) is 0 Å². The highest BCUT2D eigenvalue weighted by atomic mass is 79.9. The first-order chi connectivity index (χ1) is 9.43. The Morgan fingerprint density at radius 3 is 2.70 bits per heavy atom. The van der Waals surface area contributed by atoms with E-state index in [1.54, 1.807) is 11.0 Å². The zero-order valence-electron chi connectivity index (χ0n) is 11.8. The number of nitrogens with zero attached hydrogens (tertiary/aromatic N) is 1. The van der Waals surface area contributed by atoms with Crippen LogP contribution >= 0.6 is 15.9 Å². The zero-order chi connectivity index (χ0) is 15.1. The standard InChI is InChI=1S/C15H19BrN2O2/c1-4-8-18(12(3)19)9-7-15(20)17-14-6-5-11(2)10-13(14)16/h4-6,10H,1,7-9H2,2-3H3,(H,17,20). The van der Waals surface area contributed by atoms with Crippen LogP contribution in [0.2, 0.25) is 0 Å². The molecule has 5 heteroatoms. The number of rotatable bonds is 6. The number of carbonyl (C=O) groups excluding carboxylic acids is 2. The lowest BCUT2D eigenvalue weighted by molar-refractivity contribution is -0.128. The van der Waals surface area contributed by atoms with Gasteiger partial charge in [0, 0.05) is 30.9 Å². The van der Waals surface area contributed by atoms with Gasteiger partial charge in [0.25, 0.3) is 0 Å². The summed E-state index contributed by atoms with van der Waals surface area (Å²) in [4.78, 5) is 24.8. The maximum absolute atomic E-state index is 11.9. The molecule has 0 bridgehead atoms. The van der Waals surface area contributed by atoms with Crippen molar-refractivity contribution in [3.8, 4) is 0 Å². The van der Waals surface area contributed by atoms with Crippen molar-refractivity contribution >= 4 is 33.4 Å². The summed E-state index contributed by atoms with van der Waals surface area (Å²) in [6.45, 7) is 7.90. The molecule has 0 aliphatic heterocycles. The maximum Gasteiger partial charge on any atom is 0.226 e. The molecular formula is C15H19BrN2O2. The largest absolute Gasteiger partial charge is 0.339 e. The molecule has 0 saturated carbocycles. The van der Waals surface area contributed by atoms with Crippen LogP contribution in [0.1, 0.15) is 18.9 Å². The Morgan fingerprint density at radius 1 is 1.45 bits per heavy atom. The Labute approximate surface area is 128 Å². The highest BCUT2D eigenvalue weighted by Gasteiger charge is 2.10. The first-order valence-corrected chi connectivity index (χ1v) is 7.15. The van der Waals surface area contributed by atoms with E-state index in [1.165, 1.54) is 6.92 Å². The number of benzene rings is 1. The van der Waals surface area contributed by atoms with Gasteiger partial charge in [-0.3, -0.25) is 9.59 Å². The molecule has 4 nitrogen and oxygen atoms in total. The number of halogens is 1. The third kappa shape index (κ3) is 5.17. The van der Waals surface area contributed by atoms with Crippen molar-refractivity contribution in [3.63, 3.8) is 0 Å². The van der Waals surface area contributed by atoms with Gasteiger partial charge in [-0.05, 0) is 40.5 Å². The van der Waals surface area contributed by atoms with Gasteiger partial charge in [-0.15, -0.1) is 6.58 Å². The Bertz CT molecular complexity index is 515. The molecule has 20 heavy (non-hydrogen) atoms. The molecule has 0 aliphatic rings. The van der Waals surface area contributed by atoms with Gasteiger partial charge in [0.2, 0.25) is 11.8 Å². The van der Waals surface area contributed by atoms with Crippen LogP contribution in [0.25, 0.3) is 0 Å². The predicted octanol–water partition coefficient (Wildman–Crippen LogP) is 3.12. The molecule has 0 saturated heterocycles. The number of aryl methyl sites for hydroxylation is 1. The van der Waals surface area contributed by atoms with Gasteiger partial charge in [-0.2, -0.15) is 0 Å². The van der Waals surface area contributed by atoms with Gasteiger partial charge in [0.1, 0.15) is 0 Å². The highest BCUT2D eigenvalue weighted by Crippen LogP contribution is 2.23. The summed E-state index contributed by atoms with van der Waals surface area (Å²) in [6, 6.07) is 5.72. The second-order valence-corrected chi connectivity index (χ2v) is 5.39. The van der Waals surface area contributed by atoms with E-state index in [0.29, 0.717) is 13.1 Å². The number of anilines is 1. The van der Waals surface area contributed by atoms with Crippen LogP contribution in [0.5, 0.6) is 0 Å². The first kappa shape index (κ1) is 16.4. The molecule has 0 aliphatic carbocycles. The summed E-state index contributed by atoms with van der Waals surface area (Å²) in [5.41, 5.74) is 1.85. The predicted molar refractivity (Wildman–Crippen MR) is 84.6 cm³/mol. The van der Waals surface area contributed by atoms with Crippen molar-refractivity contribution in [2.45, 2.75) is 20.3 Å². The maximum atomic E-state index is 11.9. The topological polar surface area (TPSA) is 49.4 Å². The number of nitrogens with one attached hydrogen (secondary N) is 1. The van der Waals surface area contributed by atoms with Gasteiger partial charge in [0.05, 0.1) is 5.69 Å². The van der Waals surface area contributed by atoms with Crippen LogP contribution < -0.4 is 5.32 Å². The fourth-order valence-electron chi connectivity index (χ4n) is 1.70. The molecule has 108 valence electrons. The van der Waals surface area contributed by atoms with Crippen molar-refractivity contribution in [1.82, 2.24) is 4.90 Å². The lowest BCUT2D eigenvalue weighted by atomic mass is 10.2. The van der Waals surface area contributed by atoms with Gasteiger partial charge in [0.15, 0.2) is 0 Å². The summed E-state index contributed by atoms with van der Waals surface area (Å²) < 4.78 is 0.848. The van der Waals surface area contributed by atoms with Crippen LogP contribution in [0.4, 0.5) is 5.69 Å². The highest BCUT2D eigenvalue weighted by molar-refractivity contribution is 9.10. The van der Waals surface area contributed by atoms with Crippen LogP contribution in [0.15, 0.2) is 35.3 Å². The Hall–Kier alpha value is -1.62. The van der Waals surface area contributed by atoms with E-state index >= 15 is 0 Å². The van der Waals surface area contributed by atoms with E-state index < -0.39 is 0 Å². The SMILES string of the molecule is C=CCN(CCC(=O)Nc1ccc(C)cc1Br)C(C)=O. The minimum Gasteiger partial charge on any atom is -0.339 e. The molecule has 0 spiro atoms. The number of carbonyl (C=O) groups is 2. The molecule has 0 unspecified atom stereocenters. The van der Waals surface area contributed by atoms with Crippen molar-refractivity contribution < 1.29 is 9.59 Å². The van der Waals surface area contributed by atoms with Crippen molar-refractivity contribution in [3.05, 3.63) is 40.9 Å². The molecule has 1 N–H and O–H groups in total. The van der Waals surface area contributed by atoms with Crippen LogP contribution in [-0.2, 0) is 9.59 Å². The molecule has 0 aromatic heterocycles. The average molecular weight is 339 g/mol. The first-order valence-electron chi connectivity index (χ1n) is 6.36. The molecule has 1 rings (SSSR count). The summed E-state index contributed by atoms with van der Waals surface area (Å²) in [6.07, 6.45) is 1.91. The van der Waals surface area contributed by atoms with Gasteiger partial charge < -0.3 is 10.2 Å². The van der Waals surface area contributed by atoms with E-state index in [9.17, 15) is 9.59 Å². The lowest BCUT2D eigenvalue weighted by Crippen LogP contribution is -2.32. The number of hydrogen-bond donors (Lipinski definition) is 1.